The largest absolute Gasteiger partial charge is 0.492 e. The Morgan fingerprint density at radius 1 is 1.35 bits per heavy atom. The molecule has 9 heteroatoms. The molecular weight excluding hydrogens is 344 g/mol. The molecular formula is C17H20N2O7. The number of aliphatic hydroxyl groups is 1. The number of anilines is 1. The third-order valence-electron chi connectivity index (χ3n) is 3.74. The monoisotopic (exact) mass is 364 g/mol. The van der Waals surface area contributed by atoms with Gasteiger partial charge in [-0.05, 0) is 25.1 Å². The smallest absolute Gasteiger partial charge is 0.337 e. The molecule has 0 fully saturated rings. The number of carboxylic acids is 1. The molecule has 1 amide bonds. The van der Waals surface area contributed by atoms with Gasteiger partial charge in [-0.25, -0.2) is 9.59 Å². The van der Waals surface area contributed by atoms with Crippen molar-refractivity contribution in [3.63, 3.8) is 0 Å². The van der Waals surface area contributed by atoms with Crippen molar-refractivity contribution in [2.24, 2.45) is 0 Å². The SMILES string of the molecule is CCOc1ccc(C(=O)O)cc1NC1=C(C(=O)OC)CN(CCO)C1=O. The molecule has 0 bridgehead atoms. The molecule has 0 saturated carbocycles. The fraction of sp³-hybridized carbons (Fsp3) is 0.353. The molecule has 0 saturated heterocycles. The van der Waals surface area contributed by atoms with Gasteiger partial charge >= 0.3 is 11.9 Å². The summed E-state index contributed by atoms with van der Waals surface area (Å²) in [6, 6.07) is 4.17. The number of esters is 1. The minimum atomic E-state index is -1.14. The summed E-state index contributed by atoms with van der Waals surface area (Å²) in [7, 11) is 1.20. The topological polar surface area (TPSA) is 125 Å². The number of methoxy groups -OCH3 is 1. The molecule has 140 valence electrons. The lowest BCUT2D eigenvalue weighted by molar-refractivity contribution is -0.136. The summed E-state index contributed by atoms with van der Waals surface area (Å²) in [5.41, 5.74) is 0.291. The Morgan fingerprint density at radius 3 is 2.65 bits per heavy atom. The van der Waals surface area contributed by atoms with Gasteiger partial charge in [0.05, 0.1) is 43.7 Å². The van der Waals surface area contributed by atoms with Gasteiger partial charge in [0.2, 0.25) is 0 Å². The van der Waals surface area contributed by atoms with Crippen molar-refractivity contribution in [1.82, 2.24) is 4.90 Å². The van der Waals surface area contributed by atoms with Crippen LogP contribution in [0.25, 0.3) is 0 Å². The number of ether oxygens (including phenoxy) is 2. The predicted octanol–water partition coefficient (Wildman–Crippen LogP) is 0.457. The molecule has 9 nitrogen and oxygen atoms in total. The van der Waals surface area contributed by atoms with Crippen molar-refractivity contribution in [2.75, 3.05) is 38.7 Å². The van der Waals surface area contributed by atoms with E-state index in [0.717, 1.165) is 0 Å². The van der Waals surface area contributed by atoms with E-state index in [2.05, 4.69) is 5.32 Å². The lowest BCUT2D eigenvalue weighted by Gasteiger charge is -2.16. The van der Waals surface area contributed by atoms with Crippen molar-refractivity contribution in [2.45, 2.75) is 6.92 Å². The van der Waals surface area contributed by atoms with E-state index in [0.29, 0.717) is 12.4 Å². The molecule has 0 unspecified atom stereocenters. The predicted molar refractivity (Wildman–Crippen MR) is 90.9 cm³/mol. The Bertz CT molecular complexity index is 757. The van der Waals surface area contributed by atoms with Crippen LogP contribution in [-0.2, 0) is 14.3 Å². The molecule has 0 atom stereocenters. The highest BCUT2D eigenvalue weighted by molar-refractivity contribution is 6.08. The summed E-state index contributed by atoms with van der Waals surface area (Å²) in [5.74, 6) is -1.99. The molecule has 3 N–H and O–H groups in total. The average Bonchev–Trinajstić information content (AvgIpc) is 2.92. The Morgan fingerprint density at radius 2 is 2.08 bits per heavy atom. The van der Waals surface area contributed by atoms with Gasteiger partial charge < -0.3 is 29.9 Å². The van der Waals surface area contributed by atoms with Gasteiger partial charge in [-0.15, -0.1) is 0 Å². The first-order valence-electron chi connectivity index (χ1n) is 7.91. The number of amides is 1. The van der Waals surface area contributed by atoms with Crippen LogP contribution >= 0.6 is 0 Å². The second-order valence-electron chi connectivity index (χ2n) is 5.37. The van der Waals surface area contributed by atoms with Crippen LogP contribution in [0.4, 0.5) is 5.69 Å². The van der Waals surface area contributed by atoms with Gasteiger partial charge in [0.15, 0.2) is 0 Å². The Balaban J connectivity index is 2.45. The van der Waals surface area contributed by atoms with Crippen molar-refractivity contribution in [3.8, 4) is 5.75 Å². The summed E-state index contributed by atoms with van der Waals surface area (Å²) in [6.07, 6.45) is 0. The first-order valence-corrected chi connectivity index (χ1v) is 7.91. The van der Waals surface area contributed by atoms with Crippen molar-refractivity contribution in [1.29, 1.82) is 0 Å². The lowest BCUT2D eigenvalue weighted by atomic mass is 10.1. The van der Waals surface area contributed by atoms with E-state index in [9.17, 15) is 19.5 Å². The molecule has 1 aromatic carbocycles. The van der Waals surface area contributed by atoms with Gasteiger partial charge in [0.25, 0.3) is 5.91 Å². The third-order valence-corrected chi connectivity index (χ3v) is 3.74. The zero-order chi connectivity index (χ0) is 19.3. The number of nitrogens with one attached hydrogen (secondary N) is 1. The summed E-state index contributed by atoms with van der Waals surface area (Å²) < 4.78 is 10.2. The van der Waals surface area contributed by atoms with Crippen LogP contribution in [-0.4, -0.2) is 66.4 Å². The van der Waals surface area contributed by atoms with Gasteiger partial charge in [0, 0.05) is 6.54 Å². The number of rotatable bonds is 8. The van der Waals surface area contributed by atoms with E-state index in [1.54, 1.807) is 6.92 Å². The highest BCUT2D eigenvalue weighted by atomic mass is 16.5. The fourth-order valence-corrected chi connectivity index (χ4v) is 2.53. The normalized spacial score (nSPS) is 13.8. The highest BCUT2D eigenvalue weighted by Gasteiger charge is 2.34. The third kappa shape index (κ3) is 3.94. The maximum absolute atomic E-state index is 12.5. The molecule has 1 aliphatic rings. The minimum Gasteiger partial charge on any atom is -0.492 e. The van der Waals surface area contributed by atoms with Crippen LogP contribution in [0.3, 0.4) is 0 Å². The number of nitrogens with zero attached hydrogens (tertiary/aromatic N) is 1. The Labute approximate surface area is 149 Å². The van der Waals surface area contributed by atoms with Crippen LogP contribution in [0.1, 0.15) is 17.3 Å². The van der Waals surface area contributed by atoms with Crippen LogP contribution in [0, 0.1) is 0 Å². The van der Waals surface area contributed by atoms with E-state index in [-0.39, 0.29) is 42.2 Å². The average molecular weight is 364 g/mol. The quantitative estimate of drug-likeness (QED) is 0.568. The van der Waals surface area contributed by atoms with Crippen LogP contribution in [0.5, 0.6) is 5.75 Å². The zero-order valence-corrected chi connectivity index (χ0v) is 14.4. The van der Waals surface area contributed by atoms with Crippen molar-refractivity contribution >= 4 is 23.5 Å². The number of β-amino-alcohol motifs (C(OH)–C–C–N with tert-alkyl or cyclic N) is 1. The van der Waals surface area contributed by atoms with Gasteiger partial charge in [-0.1, -0.05) is 0 Å². The number of hydrogen-bond donors (Lipinski definition) is 3. The van der Waals surface area contributed by atoms with E-state index in [1.807, 2.05) is 0 Å². The van der Waals surface area contributed by atoms with Crippen LogP contribution in [0.15, 0.2) is 29.5 Å². The molecule has 26 heavy (non-hydrogen) atoms. The molecule has 1 aliphatic heterocycles. The standard InChI is InChI=1S/C17H20N2O7/c1-3-26-13-5-4-10(16(22)23)8-12(13)18-14-11(17(24)25-2)9-19(6-7-20)15(14)21/h4-5,8,18,20H,3,6-7,9H2,1-2H3,(H,22,23). The molecule has 2 rings (SSSR count). The van der Waals surface area contributed by atoms with E-state index in [4.69, 9.17) is 14.6 Å². The number of carbonyl (C=O) groups is 3. The molecule has 0 aromatic heterocycles. The number of benzene rings is 1. The first-order chi connectivity index (χ1) is 12.4. The number of carboxylic acid groups (broad SMARTS) is 1. The summed E-state index contributed by atoms with van der Waals surface area (Å²) in [4.78, 5) is 37.1. The molecule has 1 heterocycles. The zero-order valence-electron chi connectivity index (χ0n) is 14.4. The van der Waals surface area contributed by atoms with Crippen molar-refractivity contribution < 1.29 is 34.1 Å². The summed E-state index contributed by atoms with van der Waals surface area (Å²) in [5, 5.41) is 21.1. The maximum Gasteiger partial charge on any atom is 0.337 e. The van der Waals surface area contributed by atoms with Crippen molar-refractivity contribution in [3.05, 3.63) is 35.0 Å². The number of hydrogen-bond acceptors (Lipinski definition) is 7. The molecule has 0 spiro atoms. The molecule has 0 aliphatic carbocycles. The fourth-order valence-electron chi connectivity index (χ4n) is 2.53. The van der Waals surface area contributed by atoms with Crippen LogP contribution < -0.4 is 10.1 Å². The van der Waals surface area contributed by atoms with Gasteiger partial charge in [-0.3, -0.25) is 4.79 Å². The maximum atomic E-state index is 12.5. The van der Waals surface area contributed by atoms with E-state index in [1.165, 1.54) is 30.2 Å². The molecule has 0 radical (unpaired) electrons. The van der Waals surface area contributed by atoms with Gasteiger partial charge in [0.1, 0.15) is 11.4 Å². The van der Waals surface area contributed by atoms with Gasteiger partial charge in [-0.2, -0.15) is 0 Å². The van der Waals surface area contributed by atoms with E-state index < -0.39 is 17.8 Å². The number of aliphatic hydroxyl groups excluding tert-OH is 1. The second-order valence-corrected chi connectivity index (χ2v) is 5.37. The Kier molecular flexibility index (Phi) is 6.18. The summed E-state index contributed by atoms with van der Waals surface area (Å²) in [6.45, 7) is 1.87. The van der Waals surface area contributed by atoms with Crippen LogP contribution in [0.2, 0.25) is 0 Å². The minimum absolute atomic E-state index is 0.00571. The van der Waals surface area contributed by atoms with E-state index >= 15 is 0 Å². The first kappa shape index (κ1) is 19.3. The highest BCUT2D eigenvalue weighted by Crippen LogP contribution is 2.30. The lowest BCUT2D eigenvalue weighted by Crippen LogP contribution is -2.31. The summed E-state index contributed by atoms with van der Waals surface area (Å²) >= 11 is 0. The number of carbonyl (C=O) groups excluding carboxylic acids is 2. The Hall–Kier alpha value is -3.07. The number of aromatic carboxylic acids is 1. The second kappa shape index (κ2) is 8.34. The molecule has 1 aromatic rings.